The standard InChI is InChI=1S/C20H25N7OS/c1-12-10-13(2)27(24-12)18-11-17(22-15(4)23-18)25-6-8-26(9-7-25)20(28)19-14(3)21-16(5)29-19/h10-11H,6-9H2,1-5H3. The van der Waals surface area contributed by atoms with Crippen molar-refractivity contribution in [2.45, 2.75) is 34.6 Å². The molecule has 0 unspecified atom stereocenters. The molecule has 0 N–H and O–H groups in total. The van der Waals surface area contributed by atoms with Gasteiger partial charge in [0.05, 0.1) is 16.4 Å². The summed E-state index contributed by atoms with van der Waals surface area (Å²) in [5.74, 6) is 2.43. The molecule has 29 heavy (non-hydrogen) atoms. The van der Waals surface area contributed by atoms with Crippen molar-refractivity contribution in [1.29, 1.82) is 0 Å². The number of rotatable bonds is 3. The average Bonchev–Trinajstić information content (AvgIpc) is 3.20. The molecule has 1 saturated heterocycles. The predicted molar refractivity (Wildman–Crippen MR) is 113 cm³/mol. The highest BCUT2D eigenvalue weighted by Gasteiger charge is 2.26. The van der Waals surface area contributed by atoms with Gasteiger partial charge in [-0.3, -0.25) is 4.79 Å². The molecule has 152 valence electrons. The van der Waals surface area contributed by atoms with E-state index in [1.807, 2.05) is 56.3 Å². The van der Waals surface area contributed by atoms with E-state index in [4.69, 9.17) is 0 Å². The molecule has 1 aliphatic heterocycles. The number of thiazole rings is 1. The summed E-state index contributed by atoms with van der Waals surface area (Å²) in [6, 6.07) is 4.01. The van der Waals surface area contributed by atoms with Gasteiger partial charge in [0.25, 0.3) is 5.91 Å². The van der Waals surface area contributed by atoms with Crippen LogP contribution in [0.25, 0.3) is 5.82 Å². The zero-order valence-corrected chi connectivity index (χ0v) is 18.2. The van der Waals surface area contributed by atoms with E-state index in [1.165, 1.54) is 11.3 Å². The fraction of sp³-hybridized carbons (Fsp3) is 0.450. The molecule has 0 aromatic carbocycles. The van der Waals surface area contributed by atoms with Gasteiger partial charge in [0, 0.05) is 37.9 Å². The Morgan fingerprint density at radius 2 is 1.62 bits per heavy atom. The van der Waals surface area contributed by atoms with Crippen molar-refractivity contribution in [3.63, 3.8) is 0 Å². The highest BCUT2D eigenvalue weighted by Crippen LogP contribution is 2.22. The topological polar surface area (TPSA) is 80.0 Å². The highest BCUT2D eigenvalue weighted by molar-refractivity contribution is 7.13. The van der Waals surface area contributed by atoms with Crippen LogP contribution in [-0.4, -0.2) is 61.7 Å². The molecule has 0 aliphatic carbocycles. The van der Waals surface area contributed by atoms with E-state index in [-0.39, 0.29) is 5.91 Å². The Morgan fingerprint density at radius 1 is 0.931 bits per heavy atom. The van der Waals surface area contributed by atoms with Gasteiger partial charge in [-0.1, -0.05) is 0 Å². The zero-order chi connectivity index (χ0) is 20.7. The molecule has 1 amide bonds. The van der Waals surface area contributed by atoms with Gasteiger partial charge >= 0.3 is 0 Å². The first kappa shape index (κ1) is 19.5. The number of aryl methyl sites for hydroxylation is 5. The highest BCUT2D eigenvalue weighted by atomic mass is 32.1. The number of carbonyl (C=O) groups is 1. The molecule has 1 fully saturated rings. The van der Waals surface area contributed by atoms with Crippen LogP contribution in [0.2, 0.25) is 0 Å². The number of piperazine rings is 1. The van der Waals surface area contributed by atoms with Gasteiger partial charge in [0.2, 0.25) is 0 Å². The molecule has 9 heteroatoms. The van der Waals surface area contributed by atoms with Crippen LogP contribution in [0.3, 0.4) is 0 Å². The minimum atomic E-state index is 0.0787. The summed E-state index contributed by atoms with van der Waals surface area (Å²) in [5.41, 5.74) is 2.82. The van der Waals surface area contributed by atoms with Crippen molar-refractivity contribution < 1.29 is 4.79 Å². The van der Waals surface area contributed by atoms with E-state index in [0.717, 1.165) is 51.7 Å². The fourth-order valence-corrected chi connectivity index (χ4v) is 4.57. The minimum Gasteiger partial charge on any atom is -0.353 e. The van der Waals surface area contributed by atoms with E-state index in [0.29, 0.717) is 18.9 Å². The van der Waals surface area contributed by atoms with Crippen LogP contribution < -0.4 is 4.90 Å². The van der Waals surface area contributed by atoms with Gasteiger partial charge in [-0.05, 0) is 40.7 Å². The average molecular weight is 412 g/mol. The van der Waals surface area contributed by atoms with Crippen LogP contribution in [0.1, 0.15) is 37.6 Å². The smallest absolute Gasteiger partial charge is 0.265 e. The Hall–Kier alpha value is -2.81. The number of carbonyl (C=O) groups excluding carboxylic acids is 1. The molecule has 8 nitrogen and oxygen atoms in total. The second kappa shape index (κ2) is 7.55. The molecular weight excluding hydrogens is 386 g/mol. The first-order valence-electron chi connectivity index (χ1n) is 9.69. The SMILES string of the molecule is Cc1cc(C)n(-c2cc(N3CCN(C(=O)c4sc(C)nc4C)CC3)nc(C)n2)n1. The predicted octanol–water partition coefficient (Wildman–Crippen LogP) is 2.62. The third-order valence-electron chi connectivity index (χ3n) is 5.03. The first-order chi connectivity index (χ1) is 13.8. The van der Waals surface area contributed by atoms with Crippen molar-refractivity contribution >= 4 is 23.1 Å². The summed E-state index contributed by atoms with van der Waals surface area (Å²) in [6.07, 6.45) is 0. The van der Waals surface area contributed by atoms with Crippen LogP contribution in [0, 0.1) is 34.6 Å². The van der Waals surface area contributed by atoms with Crippen molar-refractivity contribution in [1.82, 2.24) is 29.6 Å². The maximum Gasteiger partial charge on any atom is 0.265 e. The summed E-state index contributed by atoms with van der Waals surface area (Å²) in [7, 11) is 0. The number of aromatic nitrogens is 5. The first-order valence-corrected chi connectivity index (χ1v) is 10.5. The lowest BCUT2D eigenvalue weighted by atomic mass is 10.2. The zero-order valence-electron chi connectivity index (χ0n) is 17.4. The number of hydrogen-bond acceptors (Lipinski definition) is 7. The van der Waals surface area contributed by atoms with E-state index < -0.39 is 0 Å². The third kappa shape index (κ3) is 3.87. The van der Waals surface area contributed by atoms with E-state index >= 15 is 0 Å². The molecule has 0 bridgehead atoms. The number of anilines is 1. The van der Waals surface area contributed by atoms with E-state index in [1.54, 1.807) is 0 Å². The third-order valence-corrected chi connectivity index (χ3v) is 6.09. The van der Waals surface area contributed by atoms with Gasteiger partial charge in [0.1, 0.15) is 16.5 Å². The Balaban J connectivity index is 1.51. The lowest BCUT2D eigenvalue weighted by Gasteiger charge is -2.35. The van der Waals surface area contributed by atoms with E-state index in [2.05, 4.69) is 25.0 Å². The van der Waals surface area contributed by atoms with Gasteiger partial charge in [-0.25, -0.2) is 19.6 Å². The lowest BCUT2D eigenvalue weighted by Crippen LogP contribution is -2.49. The fourth-order valence-electron chi connectivity index (χ4n) is 3.68. The second-order valence-electron chi connectivity index (χ2n) is 7.40. The van der Waals surface area contributed by atoms with Gasteiger partial charge in [0.15, 0.2) is 5.82 Å². The lowest BCUT2D eigenvalue weighted by molar-refractivity contribution is 0.0750. The Labute approximate surface area is 174 Å². The maximum atomic E-state index is 12.9. The number of nitrogens with zero attached hydrogens (tertiary/aromatic N) is 7. The molecule has 1 aliphatic rings. The molecule has 3 aromatic heterocycles. The molecule has 0 atom stereocenters. The molecule has 4 rings (SSSR count). The molecule has 0 radical (unpaired) electrons. The molecule has 3 aromatic rings. The molecule has 4 heterocycles. The minimum absolute atomic E-state index is 0.0787. The summed E-state index contributed by atoms with van der Waals surface area (Å²) in [4.78, 5) is 31.3. The monoisotopic (exact) mass is 411 g/mol. The Kier molecular flexibility index (Phi) is 5.08. The normalized spacial score (nSPS) is 14.5. The number of hydrogen-bond donors (Lipinski definition) is 0. The summed E-state index contributed by atoms with van der Waals surface area (Å²) < 4.78 is 1.85. The van der Waals surface area contributed by atoms with Crippen LogP contribution in [-0.2, 0) is 0 Å². The van der Waals surface area contributed by atoms with E-state index in [9.17, 15) is 4.79 Å². The maximum absolute atomic E-state index is 12.9. The largest absolute Gasteiger partial charge is 0.353 e. The Morgan fingerprint density at radius 3 is 2.21 bits per heavy atom. The van der Waals surface area contributed by atoms with Crippen LogP contribution >= 0.6 is 11.3 Å². The van der Waals surface area contributed by atoms with Crippen molar-refractivity contribution in [3.8, 4) is 5.82 Å². The summed E-state index contributed by atoms with van der Waals surface area (Å²) in [6.45, 7) is 12.5. The van der Waals surface area contributed by atoms with Crippen LogP contribution in [0.15, 0.2) is 12.1 Å². The van der Waals surface area contributed by atoms with Gasteiger partial charge in [-0.15, -0.1) is 11.3 Å². The van der Waals surface area contributed by atoms with Crippen molar-refractivity contribution in [3.05, 3.63) is 44.9 Å². The summed E-state index contributed by atoms with van der Waals surface area (Å²) >= 11 is 1.47. The van der Waals surface area contributed by atoms with Crippen LogP contribution in [0.5, 0.6) is 0 Å². The molecular formula is C20H25N7OS. The van der Waals surface area contributed by atoms with Crippen molar-refractivity contribution in [2.24, 2.45) is 0 Å². The van der Waals surface area contributed by atoms with Gasteiger partial charge < -0.3 is 9.80 Å². The van der Waals surface area contributed by atoms with Crippen LogP contribution in [0.4, 0.5) is 5.82 Å². The van der Waals surface area contributed by atoms with Gasteiger partial charge in [-0.2, -0.15) is 5.10 Å². The quantitative estimate of drug-likeness (QED) is 0.659. The number of amides is 1. The molecule has 0 saturated carbocycles. The molecule has 0 spiro atoms. The van der Waals surface area contributed by atoms with Crippen molar-refractivity contribution in [2.75, 3.05) is 31.1 Å². The summed E-state index contributed by atoms with van der Waals surface area (Å²) in [5, 5.41) is 5.47. The second-order valence-corrected chi connectivity index (χ2v) is 8.60. The Bertz CT molecular complexity index is 1060.